The number of fused-ring (bicyclic) bond motifs is 1. The van der Waals surface area contributed by atoms with Gasteiger partial charge in [-0.1, -0.05) is 85.6 Å². The molecule has 2 fully saturated rings. The van der Waals surface area contributed by atoms with Gasteiger partial charge in [-0.15, -0.1) is 0 Å². The third-order valence-corrected chi connectivity index (χ3v) is 11.0. The van der Waals surface area contributed by atoms with E-state index in [1.54, 1.807) is 23.2 Å². The van der Waals surface area contributed by atoms with Crippen molar-refractivity contribution in [2.24, 2.45) is 5.92 Å². The van der Waals surface area contributed by atoms with Crippen molar-refractivity contribution in [1.29, 1.82) is 0 Å². The molecule has 0 aliphatic carbocycles. The lowest BCUT2D eigenvalue weighted by Crippen LogP contribution is -2.59. The number of H-pyrrole nitrogens is 1. The minimum atomic E-state index is -4.80. The largest absolute Gasteiger partial charge is 0.524 e. The van der Waals surface area contributed by atoms with Gasteiger partial charge in [0, 0.05) is 30.9 Å². The predicted molar refractivity (Wildman–Crippen MR) is 214 cm³/mol. The van der Waals surface area contributed by atoms with Crippen LogP contribution in [0.15, 0.2) is 97.5 Å². The zero-order valence-corrected chi connectivity index (χ0v) is 33.3. The smallest absolute Gasteiger partial charge is 0.461 e. The number of aromatic nitrogens is 2. The Morgan fingerprint density at radius 3 is 2.22 bits per heavy atom. The summed E-state index contributed by atoms with van der Waals surface area (Å²) < 4.78 is 21.5. The van der Waals surface area contributed by atoms with Gasteiger partial charge in [0.15, 0.2) is 0 Å². The summed E-state index contributed by atoms with van der Waals surface area (Å²) in [5.41, 5.74) is 2.87. The average Bonchev–Trinajstić information content (AvgIpc) is 3.90. The van der Waals surface area contributed by atoms with Crippen molar-refractivity contribution in [2.45, 2.75) is 95.1 Å². The van der Waals surface area contributed by atoms with E-state index in [0.717, 1.165) is 17.5 Å². The molecule has 3 aromatic carbocycles. The number of aromatic amines is 1. The molecule has 0 saturated carbocycles. The standard InChI is InChI=1S/C42H49N6O10P/c49-38(57-26-30-11-5-2-6-12-30)22-31(21-28-15-18-34(19-16-28)58-59(54,55)56)39(50)46-35-14-8-7-13-33-17-20-37(48(33)42(35)53)41(52)47-36(23-32-25-43-27-45-32)40(51)44-24-29-9-3-1-4-10-29/h1-6,9-12,15-16,18-19,25,27,31,33,35-37H,7-8,13-14,17,20-24,26H2,(H,43,45)(H,44,51)(H,46,50)(H,47,52)(H2,54,55,56)/t31-,33+,35+,36+,37+/m1/s1. The van der Waals surface area contributed by atoms with Gasteiger partial charge in [-0.25, -0.2) is 9.55 Å². The van der Waals surface area contributed by atoms with E-state index in [1.165, 1.54) is 30.6 Å². The van der Waals surface area contributed by atoms with E-state index in [4.69, 9.17) is 4.74 Å². The molecule has 6 N–H and O–H groups in total. The van der Waals surface area contributed by atoms with Crippen LogP contribution < -0.4 is 20.5 Å². The quantitative estimate of drug-likeness (QED) is 0.0665. The van der Waals surface area contributed by atoms with Crippen LogP contribution in [0.2, 0.25) is 0 Å². The number of ether oxygens (including phenoxy) is 1. The summed E-state index contributed by atoms with van der Waals surface area (Å²) in [6.45, 7) is 0.259. The van der Waals surface area contributed by atoms with Crippen LogP contribution in [0, 0.1) is 5.92 Å². The molecule has 17 heteroatoms. The highest BCUT2D eigenvalue weighted by atomic mass is 31.2. The number of nitrogens with one attached hydrogen (secondary N) is 4. The molecule has 0 radical (unpaired) electrons. The van der Waals surface area contributed by atoms with E-state index in [9.17, 15) is 38.3 Å². The van der Waals surface area contributed by atoms with Crippen LogP contribution >= 0.6 is 7.82 Å². The van der Waals surface area contributed by atoms with Gasteiger partial charge >= 0.3 is 13.8 Å². The van der Waals surface area contributed by atoms with Crippen molar-refractivity contribution < 1.29 is 47.6 Å². The number of phosphoric ester groups is 1. The Hall–Kier alpha value is -5.83. The molecule has 5 atom stereocenters. The molecule has 4 aromatic rings. The molecule has 0 spiro atoms. The van der Waals surface area contributed by atoms with E-state index >= 15 is 0 Å². The third-order valence-electron chi connectivity index (χ3n) is 10.5. The van der Waals surface area contributed by atoms with Crippen LogP contribution in [0.3, 0.4) is 0 Å². The minimum Gasteiger partial charge on any atom is -0.461 e. The number of rotatable bonds is 17. The monoisotopic (exact) mass is 828 g/mol. The number of phosphoric acid groups is 1. The second kappa shape index (κ2) is 20.2. The van der Waals surface area contributed by atoms with Crippen LogP contribution in [0.4, 0.5) is 0 Å². The number of amides is 4. The normalized spacial score (nSPS) is 19.0. The maximum atomic E-state index is 14.4. The Labute approximate surface area is 341 Å². The molecule has 4 amide bonds. The number of carbonyl (C=O) groups is 5. The maximum Gasteiger partial charge on any atom is 0.524 e. The van der Waals surface area contributed by atoms with Crippen molar-refractivity contribution in [2.75, 3.05) is 0 Å². The third kappa shape index (κ3) is 12.6. The van der Waals surface area contributed by atoms with Gasteiger partial charge in [0.2, 0.25) is 23.6 Å². The van der Waals surface area contributed by atoms with Gasteiger partial charge in [-0.05, 0) is 60.9 Å². The molecule has 59 heavy (non-hydrogen) atoms. The summed E-state index contributed by atoms with van der Waals surface area (Å²) in [4.78, 5) is 96.3. The van der Waals surface area contributed by atoms with Crippen LogP contribution in [-0.2, 0) is 59.3 Å². The minimum absolute atomic E-state index is 0.000763. The molecule has 2 aliphatic heterocycles. The van der Waals surface area contributed by atoms with Gasteiger partial charge in [0.1, 0.15) is 30.5 Å². The second-order valence-electron chi connectivity index (χ2n) is 14.9. The molecule has 1 aromatic heterocycles. The van der Waals surface area contributed by atoms with Crippen LogP contribution in [-0.4, -0.2) is 78.4 Å². The number of hydrogen-bond acceptors (Lipinski definition) is 9. The lowest BCUT2D eigenvalue weighted by molar-refractivity contribution is -0.149. The van der Waals surface area contributed by atoms with Crippen LogP contribution in [0.5, 0.6) is 5.75 Å². The molecule has 312 valence electrons. The van der Waals surface area contributed by atoms with E-state index in [2.05, 4.69) is 30.4 Å². The molecule has 3 heterocycles. The molecular weight excluding hydrogens is 779 g/mol. The highest BCUT2D eigenvalue weighted by Crippen LogP contribution is 2.37. The van der Waals surface area contributed by atoms with Crippen molar-refractivity contribution in [3.63, 3.8) is 0 Å². The first-order chi connectivity index (χ1) is 28.4. The molecule has 2 saturated heterocycles. The van der Waals surface area contributed by atoms with Crippen molar-refractivity contribution >= 4 is 37.4 Å². The Morgan fingerprint density at radius 1 is 0.847 bits per heavy atom. The number of hydrogen-bond donors (Lipinski definition) is 6. The van der Waals surface area contributed by atoms with Gasteiger partial charge in [0.05, 0.1) is 18.7 Å². The van der Waals surface area contributed by atoms with Gasteiger partial charge in [0.25, 0.3) is 0 Å². The summed E-state index contributed by atoms with van der Waals surface area (Å²) in [5.74, 6) is -3.55. The highest BCUT2D eigenvalue weighted by Gasteiger charge is 2.45. The number of esters is 1. The Balaban J connectivity index is 1.16. The summed E-state index contributed by atoms with van der Waals surface area (Å²) in [6, 6.07) is 21.1. The Kier molecular flexibility index (Phi) is 14.7. The van der Waals surface area contributed by atoms with Gasteiger partial charge in [-0.2, -0.15) is 0 Å². The average molecular weight is 829 g/mol. The first-order valence-electron chi connectivity index (χ1n) is 19.7. The van der Waals surface area contributed by atoms with E-state index in [1.807, 2.05) is 48.5 Å². The fraction of sp³-hybridized carbons (Fsp3) is 0.381. The van der Waals surface area contributed by atoms with E-state index in [-0.39, 0.29) is 44.2 Å². The number of nitrogens with zero attached hydrogens (tertiary/aromatic N) is 2. The van der Waals surface area contributed by atoms with E-state index < -0.39 is 61.5 Å². The summed E-state index contributed by atoms with van der Waals surface area (Å²) in [5, 5.41) is 8.70. The number of benzene rings is 3. The first-order valence-corrected chi connectivity index (χ1v) is 21.2. The van der Waals surface area contributed by atoms with Crippen molar-refractivity contribution in [3.05, 3.63) is 120 Å². The molecule has 0 unspecified atom stereocenters. The topological polar surface area (TPSA) is 229 Å². The molecule has 2 aliphatic rings. The highest BCUT2D eigenvalue weighted by molar-refractivity contribution is 7.46. The van der Waals surface area contributed by atoms with E-state index in [0.29, 0.717) is 43.4 Å². The Morgan fingerprint density at radius 2 is 1.54 bits per heavy atom. The lowest BCUT2D eigenvalue weighted by Gasteiger charge is -2.36. The molecule has 16 nitrogen and oxygen atoms in total. The SMILES string of the molecule is O=C(C[C@@H](Cc1ccc(OP(=O)(O)O)cc1)C(=O)N[C@H]1CCCC[C@H]2CC[C@@H](C(=O)N[C@@H](Cc3cnc[nH]3)C(=O)NCc3ccccc3)N2C1=O)OCc1ccccc1. The van der Waals surface area contributed by atoms with Crippen LogP contribution in [0.1, 0.15) is 67.3 Å². The van der Waals surface area contributed by atoms with Gasteiger partial charge in [-0.3, -0.25) is 33.8 Å². The zero-order valence-electron chi connectivity index (χ0n) is 32.4. The van der Waals surface area contributed by atoms with Crippen molar-refractivity contribution in [3.8, 4) is 5.75 Å². The predicted octanol–water partition coefficient (Wildman–Crippen LogP) is 3.64. The fourth-order valence-corrected chi connectivity index (χ4v) is 7.97. The second-order valence-corrected chi connectivity index (χ2v) is 16.0. The fourth-order valence-electron chi connectivity index (χ4n) is 7.58. The summed E-state index contributed by atoms with van der Waals surface area (Å²) in [7, 11) is -4.80. The summed E-state index contributed by atoms with van der Waals surface area (Å²) in [6.07, 6.45) is 6.29. The molecular formula is C42H49N6O10P. The van der Waals surface area contributed by atoms with Gasteiger partial charge < -0.3 is 35.1 Å². The number of imidazole rings is 1. The summed E-state index contributed by atoms with van der Waals surface area (Å²) >= 11 is 0. The zero-order chi connectivity index (χ0) is 41.8. The number of carbonyl (C=O) groups excluding carboxylic acids is 5. The van der Waals surface area contributed by atoms with Crippen LogP contribution in [0.25, 0.3) is 0 Å². The molecule has 0 bridgehead atoms. The first kappa shape index (κ1) is 42.8. The van der Waals surface area contributed by atoms with Crippen molar-refractivity contribution in [1.82, 2.24) is 30.8 Å². The molecule has 6 rings (SSSR count). The maximum absolute atomic E-state index is 14.4. The lowest BCUT2D eigenvalue weighted by atomic mass is 9.93. The Bertz CT molecular complexity index is 2080.